The third kappa shape index (κ3) is 2.85. The highest BCUT2D eigenvalue weighted by Gasteiger charge is 2.04. The van der Waals surface area contributed by atoms with Gasteiger partial charge in [-0.1, -0.05) is 11.3 Å². The summed E-state index contributed by atoms with van der Waals surface area (Å²) in [5, 5.41) is 6.51. The molecule has 2 rings (SSSR count). The van der Waals surface area contributed by atoms with Crippen LogP contribution < -0.4 is 16.4 Å². The van der Waals surface area contributed by atoms with Crippen LogP contribution in [0.25, 0.3) is 10.2 Å². The van der Waals surface area contributed by atoms with Crippen LogP contribution in [0.4, 0.5) is 10.8 Å². The molecule has 0 aliphatic heterocycles. The molecule has 0 spiro atoms. The number of amides is 1. The van der Waals surface area contributed by atoms with Crippen molar-refractivity contribution in [2.75, 3.05) is 24.6 Å². The standard InChI is InChI=1S/C11H14N4OS/c1-13-10(16)4-5-14-11-15-8-3-2-7(12)6-9(8)17-11/h2-3,6H,4-5,12H2,1H3,(H,13,16)(H,14,15). The van der Waals surface area contributed by atoms with E-state index in [4.69, 9.17) is 5.73 Å². The minimum atomic E-state index is 0.0165. The van der Waals surface area contributed by atoms with E-state index in [1.54, 1.807) is 7.05 Å². The Bertz CT molecular complexity index is 537. The Morgan fingerprint density at radius 2 is 2.35 bits per heavy atom. The lowest BCUT2D eigenvalue weighted by atomic mass is 10.3. The van der Waals surface area contributed by atoms with Crippen LogP contribution in [-0.4, -0.2) is 24.5 Å². The molecule has 90 valence electrons. The lowest BCUT2D eigenvalue weighted by Gasteiger charge is -2.00. The minimum Gasteiger partial charge on any atom is -0.399 e. The molecule has 0 saturated carbocycles. The second-order valence-electron chi connectivity index (χ2n) is 3.60. The van der Waals surface area contributed by atoms with Gasteiger partial charge in [0, 0.05) is 25.7 Å². The Balaban J connectivity index is 2.02. The van der Waals surface area contributed by atoms with Crippen molar-refractivity contribution in [3.05, 3.63) is 18.2 Å². The largest absolute Gasteiger partial charge is 0.399 e. The number of nitrogens with one attached hydrogen (secondary N) is 2. The van der Waals surface area contributed by atoms with Crippen molar-refractivity contribution in [2.24, 2.45) is 0 Å². The Morgan fingerprint density at radius 1 is 1.53 bits per heavy atom. The van der Waals surface area contributed by atoms with Gasteiger partial charge in [0.05, 0.1) is 10.2 Å². The number of carbonyl (C=O) groups excluding carboxylic acids is 1. The highest BCUT2D eigenvalue weighted by Crippen LogP contribution is 2.27. The monoisotopic (exact) mass is 250 g/mol. The van der Waals surface area contributed by atoms with Crippen molar-refractivity contribution in [1.82, 2.24) is 10.3 Å². The zero-order valence-corrected chi connectivity index (χ0v) is 10.3. The van der Waals surface area contributed by atoms with E-state index in [2.05, 4.69) is 15.6 Å². The van der Waals surface area contributed by atoms with Crippen LogP contribution >= 0.6 is 11.3 Å². The summed E-state index contributed by atoms with van der Waals surface area (Å²) in [4.78, 5) is 15.4. The van der Waals surface area contributed by atoms with Gasteiger partial charge in [0.15, 0.2) is 5.13 Å². The van der Waals surface area contributed by atoms with E-state index in [1.807, 2.05) is 18.2 Å². The van der Waals surface area contributed by atoms with Gasteiger partial charge in [0.2, 0.25) is 5.91 Å². The average molecular weight is 250 g/mol. The highest BCUT2D eigenvalue weighted by molar-refractivity contribution is 7.22. The number of thiazole rings is 1. The van der Waals surface area contributed by atoms with Crippen molar-refractivity contribution in [3.63, 3.8) is 0 Å². The fourth-order valence-electron chi connectivity index (χ4n) is 1.42. The van der Waals surface area contributed by atoms with Gasteiger partial charge in [-0.2, -0.15) is 0 Å². The summed E-state index contributed by atoms with van der Waals surface area (Å²) in [7, 11) is 1.63. The number of hydrogen-bond donors (Lipinski definition) is 3. The normalized spacial score (nSPS) is 10.4. The highest BCUT2D eigenvalue weighted by atomic mass is 32.1. The number of benzene rings is 1. The summed E-state index contributed by atoms with van der Waals surface area (Å²) in [6, 6.07) is 5.62. The number of carbonyl (C=O) groups is 1. The minimum absolute atomic E-state index is 0.0165. The summed E-state index contributed by atoms with van der Waals surface area (Å²) < 4.78 is 1.05. The van der Waals surface area contributed by atoms with E-state index < -0.39 is 0 Å². The van der Waals surface area contributed by atoms with Gasteiger partial charge in [-0.3, -0.25) is 4.79 Å². The summed E-state index contributed by atoms with van der Waals surface area (Å²) in [5.41, 5.74) is 7.35. The van der Waals surface area contributed by atoms with Gasteiger partial charge in [0.25, 0.3) is 0 Å². The topological polar surface area (TPSA) is 80.0 Å². The molecule has 17 heavy (non-hydrogen) atoms. The van der Waals surface area contributed by atoms with Crippen LogP contribution in [0.2, 0.25) is 0 Å². The second kappa shape index (κ2) is 5.01. The van der Waals surface area contributed by atoms with E-state index in [0.29, 0.717) is 13.0 Å². The molecule has 1 heterocycles. The Labute approximate surface area is 103 Å². The van der Waals surface area contributed by atoms with Crippen molar-refractivity contribution in [2.45, 2.75) is 6.42 Å². The zero-order valence-electron chi connectivity index (χ0n) is 9.49. The number of hydrogen-bond acceptors (Lipinski definition) is 5. The Kier molecular flexibility index (Phi) is 3.43. The molecular formula is C11H14N4OS. The average Bonchev–Trinajstić information content (AvgIpc) is 2.70. The Hall–Kier alpha value is -1.82. The first-order valence-electron chi connectivity index (χ1n) is 5.29. The summed E-state index contributed by atoms with van der Waals surface area (Å²) in [5.74, 6) is 0.0165. The van der Waals surface area contributed by atoms with Crippen LogP contribution in [0, 0.1) is 0 Å². The fourth-order valence-corrected chi connectivity index (χ4v) is 2.36. The molecule has 0 atom stereocenters. The van der Waals surface area contributed by atoms with E-state index in [1.165, 1.54) is 11.3 Å². The molecular weight excluding hydrogens is 236 g/mol. The predicted molar refractivity (Wildman–Crippen MR) is 71.2 cm³/mol. The van der Waals surface area contributed by atoms with Crippen molar-refractivity contribution < 1.29 is 4.79 Å². The summed E-state index contributed by atoms with van der Waals surface area (Å²) in [6.45, 7) is 0.578. The first-order valence-corrected chi connectivity index (χ1v) is 6.11. The van der Waals surface area contributed by atoms with Crippen molar-refractivity contribution >= 4 is 38.3 Å². The van der Waals surface area contributed by atoms with Crippen LogP contribution in [0.5, 0.6) is 0 Å². The van der Waals surface area contributed by atoms with Crippen molar-refractivity contribution in [1.29, 1.82) is 0 Å². The molecule has 5 nitrogen and oxygen atoms in total. The van der Waals surface area contributed by atoms with Crippen LogP contribution in [0.3, 0.4) is 0 Å². The maximum Gasteiger partial charge on any atom is 0.221 e. The van der Waals surface area contributed by atoms with Gasteiger partial charge in [0.1, 0.15) is 0 Å². The number of nitrogens with zero attached hydrogens (tertiary/aromatic N) is 1. The quantitative estimate of drug-likeness (QED) is 0.717. The molecule has 0 unspecified atom stereocenters. The number of anilines is 2. The number of fused-ring (bicyclic) bond motifs is 1. The van der Waals surface area contributed by atoms with Gasteiger partial charge in [-0.05, 0) is 18.2 Å². The molecule has 0 fully saturated rings. The first kappa shape index (κ1) is 11.7. The maximum atomic E-state index is 11.0. The van der Waals surface area contributed by atoms with Gasteiger partial charge in [-0.15, -0.1) is 0 Å². The number of nitrogens with two attached hydrogens (primary N) is 1. The molecule has 0 radical (unpaired) electrons. The smallest absolute Gasteiger partial charge is 0.221 e. The molecule has 6 heteroatoms. The lowest BCUT2D eigenvalue weighted by Crippen LogP contribution is -2.20. The summed E-state index contributed by atoms with van der Waals surface area (Å²) >= 11 is 1.54. The predicted octanol–water partition coefficient (Wildman–Crippen LogP) is 1.43. The summed E-state index contributed by atoms with van der Waals surface area (Å²) in [6.07, 6.45) is 0.439. The van der Waals surface area contributed by atoms with Crippen LogP contribution in [0.1, 0.15) is 6.42 Å². The molecule has 1 amide bonds. The molecule has 4 N–H and O–H groups in total. The fraction of sp³-hybridized carbons (Fsp3) is 0.273. The van der Waals surface area contributed by atoms with Gasteiger partial charge in [-0.25, -0.2) is 4.98 Å². The number of nitrogen functional groups attached to an aromatic ring is 1. The lowest BCUT2D eigenvalue weighted by molar-refractivity contribution is -0.120. The van der Waals surface area contributed by atoms with Gasteiger partial charge >= 0.3 is 0 Å². The third-order valence-corrected chi connectivity index (χ3v) is 3.30. The molecule has 0 saturated heterocycles. The molecule has 0 aliphatic carbocycles. The first-order chi connectivity index (χ1) is 8.19. The molecule has 1 aromatic heterocycles. The van der Waals surface area contributed by atoms with Gasteiger partial charge < -0.3 is 16.4 Å². The number of aromatic nitrogens is 1. The molecule has 0 aliphatic rings. The molecule has 2 aromatic rings. The van der Waals surface area contributed by atoms with Crippen molar-refractivity contribution in [3.8, 4) is 0 Å². The molecule has 1 aromatic carbocycles. The number of rotatable bonds is 4. The molecule has 0 bridgehead atoms. The second-order valence-corrected chi connectivity index (χ2v) is 4.63. The maximum absolute atomic E-state index is 11.0. The third-order valence-electron chi connectivity index (χ3n) is 2.32. The van der Waals surface area contributed by atoms with E-state index in [9.17, 15) is 4.79 Å². The van der Waals surface area contributed by atoms with E-state index in [0.717, 1.165) is 21.0 Å². The zero-order chi connectivity index (χ0) is 12.3. The van der Waals surface area contributed by atoms with E-state index >= 15 is 0 Å². The Morgan fingerprint density at radius 3 is 3.12 bits per heavy atom. The van der Waals surface area contributed by atoms with Crippen LogP contribution in [-0.2, 0) is 4.79 Å². The van der Waals surface area contributed by atoms with Crippen LogP contribution in [0.15, 0.2) is 18.2 Å². The SMILES string of the molecule is CNC(=O)CCNc1nc2ccc(N)cc2s1. The van der Waals surface area contributed by atoms with E-state index in [-0.39, 0.29) is 5.91 Å².